The van der Waals surface area contributed by atoms with Gasteiger partial charge in [-0.15, -0.1) is 0 Å². The predicted molar refractivity (Wildman–Crippen MR) is 89.0 cm³/mol. The van der Waals surface area contributed by atoms with E-state index in [1.165, 1.54) is 20.3 Å². The van der Waals surface area contributed by atoms with Gasteiger partial charge < -0.3 is 18.8 Å². The fourth-order valence-corrected chi connectivity index (χ4v) is 2.39. The normalized spacial score (nSPS) is 10.4. The molecule has 0 bridgehead atoms. The molecular weight excluding hydrogens is 310 g/mol. The Hall–Kier alpha value is -2.76. The number of esters is 1. The molecule has 0 aliphatic heterocycles. The fraction of sp³-hybridized carbons (Fsp3) is 0.333. The first-order chi connectivity index (χ1) is 11.4. The van der Waals surface area contributed by atoms with Gasteiger partial charge in [-0.2, -0.15) is 0 Å². The molecule has 6 nitrogen and oxygen atoms in total. The number of nitrogens with zero attached hydrogens (tertiary/aromatic N) is 1. The maximum atomic E-state index is 12.4. The second kappa shape index (κ2) is 7.21. The largest absolute Gasteiger partial charge is 0.493 e. The summed E-state index contributed by atoms with van der Waals surface area (Å²) in [5.74, 6) is 0.178. The molecule has 0 saturated carbocycles. The Morgan fingerprint density at radius 2 is 1.79 bits per heavy atom. The monoisotopic (exact) mass is 331 g/mol. The van der Waals surface area contributed by atoms with Gasteiger partial charge in [-0.05, 0) is 38.1 Å². The topological polar surface area (TPSA) is 66.8 Å². The number of Topliss-reactive ketones (excluding diaryl/α,β-unsaturated/α-hetero) is 1. The zero-order chi connectivity index (χ0) is 17.9. The minimum Gasteiger partial charge on any atom is -0.493 e. The van der Waals surface area contributed by atoms with Crippen LogP contribution in [0.25, 0.3) is 0 Å². The van der Waals surface area contributed by atoms with E-state index in [2.05, 4.69) is 4.74 Å². The maximum absolute atomic E-state index is 12.4. The van der Waals surface area contributed by atoms with Crippen LogP contribution in [0.15, 0.2) is 24.3 Å². The molecule has 24 heavy (non-hydrogen) atoms. The molecule has 2 aromatic rings. The summed E-state index contributed by atoms with van der Waals surface area (Å²) in [4.78, 5) is 23.9. The van der Waals surface area contributed by atoms with Crippen molar-refractivity contribution in [3.63, 3.8) is 0 Å². The molecule has 6 heteroatoms. The lowest BCUT2D eigenvalue weighted by Crippen LogP contribution is -2.13. The number of rotatable bonds is 6. The molecule has 0 N–H and O–H groups in total. The SMILES string of the molecule is COC(=O)c1ccc(OCC(=O)c2cc(C)n(C)c2C)c(OC)c1. The number of benzene rings is 1. The van der Waals surface area contributed by atoms with Crippen molar-refractivity contribution in [2.24, 2.45) is 7.05 Å². The molecular formula is C18H21NO5. The average molecular weight is 331 g/mol. The zero-order valence-corrected chi connectivity index (χ0v) is 14.5. The van der Waals surface area contributed by atoms with E-state index in [1.807, 2.05) is 31.5 Å². The van der Waals surface area contributed by atoms with Crippen molar-refractivity contribution in [2.45, 2.75) is 13.8 Å². The molecule has 0 fully saturated rings. The van der Waals surface area contributed by atoms with Crippen molar-refractivity contribution in [2.75, 3.05) is 20.8 Å². The number of aromatic nitrogens is 1. The lowest BCUT2D eigenvalue weighted by Gasteiger charge is -2.11. The van der Waals surface area contributed by atoms with Crippen molar-refractivity contribution in [1.29, 1.82) is 0 Å². The Morgan fingerprint density at radius 1 is 1.08 bits per heavy atom. The molecule has 0 unspecified atom stereocenters. The summed E-state index contributed by atoms with van der Waals surface area (Å²) in [5.41, 5.74) is 2.90. The van der Waals surface area contributed by atoms with Gasteiger partial charge >= 0.3 is 5.97 Å². The number of carbonyl (C=O) groups is 2. The third-order valence-electron chi connectivity index (χ3n) is 4.02. The molecule has 0 aliphatic carbocycles. The first-order valence-electron chi connectivity index (χ1n) is 7.44. The van der Waals surface area contributed by atoms with E-state index in [0.29, 0.717) is 22.6 Å². The number of aryl methyl sites for hydroxylation is 1. The molecule has 0 amide bonds. The Labute approximate surface area is 140 Å². The molecule has 1 heterocycles. The summed E-state index contributed by atoms with van der Waals surface area (Å²) in [6.45, 7) is 3.73. The second-order valence-electron chi connectivity index (χ2n) is 5.41. The summed E-state index contributed by atoms with van der Waals surface area (Å²) < 4.78 is 17.4. The first kappa shape index (κ1) is 17.6. The molecule has 2 rings (SSSR count). The molecule has 128 valence electrons. The number of hydrogen-bond donors (Lipinski definition) is 0. The highest BCUT2D eigenvalue weighted by atomic mass is 16.5. The third kappa shape index (κ3) is 3.42. The summed E-state index contributed by atoms with van der Waals surface area (Å²) >= 11 is 0. The van der Waals surface area contributed by atoms with Crippen LogP contribution < -0.4 is 9.47 Å². The number of ether oxygens (including phenoxy) is 3. The maximum Gasteiger partial charge on any atom is 0.337 e. The predicted octanol–water partition coefficient (Wildman–Crippen LogP) is 2.70. The van der Waals surface area contributed by atoms with Crippen molar-refractivity contribution in [3.05, 3.63) is 46.8 Å². The van der Waals surface area contributed by atoms with Gasteiger partial charge in [-0.3, -0.25) is 4.79 Å². The summed E-state index contributed by atoms with van der Waals surface area (Å²) in [6, 6.07) is 6.51. The van der Waals surface area contributed by atoms with Crippen LogP contribution in [0.2, 0.25) is 0 Å². The van der Waals surface area contributed by atoms with E-state index in [1.54, 1.807) is 12.1 Å². The fourth-order valence-electron chi connectivity index (χ4n) is 2.39. The quantitative estimate of drug-likeness (QED) is 0.601. The van der Waals surface area contributed by atoms with Crippen LogP contribution in [-0.4, -0.2) is 37.1 Å². The van der Waals surface area contributed by atoms with Crippen LogP contribution >= 0.6 is 0 Å². The van der Waals surface area contributed by atoms with Gasteiger partial charge in [0.1, 0.15) is 0 Å². The summed E-state index contributed by atoms with van der Waals surface area (Å²) in [5, 5.41) is 0. The summed E-state index contributed by atoms with van der Waals surface area (Å²) in [7, 11) is 4.69. The smallest absolute Gasteiger partial charge is 0.337 e. The first-order valence-corrected chi connectivity index (χ1v) is 7.44. The van der Waals surface area contributed by atoms with E-state index < -0.39 is 5.97 Å². The van der Waals surface area contributed by atoms with E-state index in [4.69, 9.17) is 9.47 Å². The number of ketones is 1. The van der Waals surface area contributed by atoms with Gasteiger partial charge in [-0.25, -0.2) is 4.79 Å². The molecule has 1 aromatic heterocycles. The van der Waals surface area contributed by atoms with Gasteiger partial charge in [0.05, 0.1) is 19.8 Å². The standard InChI is InChI=1S/C18H21NO5/c1-11-8-14(12(2)19(11)3)15(20)10-24-16-7-6-13(18(21)23-5)9-17(16)22-4/h6-9H,10H2,1-5H3. The summed E-state index contributed by atoms with van der Waals surface area (Å²) in [6.07, 6.45) is 0. The van der Waals surface area contributed by atoms with Gasteiger partial charge in [0.15, 0.2) is 18.1 Å². The number of carbonyl (C=O) groups excluding carboxylic acids is 2. The van der Waals surface area contributed by atoms with Gasteiger partial charge in [0.2, 0.25) is 5.78 Å². The van der Waals surface area contributed by atoms with Crippen molar-refractivity contribution in [1.82, 2.24) is 4.57 Å². The van der Waals surface area contributed by atoms with E-state index in [9.17, 15) is 9.59 Å². The molecule has 0 atom stereocenters. The van der Waals surface area contributed by atoms with Gasteiger partial charge in [-0.1, -0.05) is 0 Å². The Bertz CT molecular complexity index is 776. The number of methoxy groups -OCH3 is 2. The molecule has 0 radical (unpaired) electrons. The molecule has 0 spiro atoms. The average Bonchev–Trinajstić information content (AvgIpc) is 2.86. The van der Waals surface area contributed by atoms with Gasteiger partial charge in [0.25, 0.3) is 0 Å². The van der Waals surface area contributed by atoms with Crippen molar-refractivity contribution in [3.8, 4) is 11.5 Å². The Balaban J connectivity index is 2.15. The minimum atomic E-state index is -0.466. The van der Waals surface area contributed by atoms with Crippen LogP contribution in [0.5, 0.6) is 11.5 Å². The molecule has 0 saturated heterocycles. The minimum absolute atomic E-state index is 0.113. The highest BCUT2D eigenvalue weighted by Crippen LogP contribution is 2.28. The van der Waals surface area contributed by atoms with E-state index in [0.717, 1.165) is 11.4 Å². The second-order valence-corrected chi connectivity index (χ2v) is 5.41. The van der Waals surface area contributed by atoms with Crippen LogP contribution in [0.4, 0.5) is 0 Å². The Kier molecular flexibility index (Phi) is 5.28. The van der Waals surface area contributed by atoms with Crippen molar-refractivity contribution < 1.29 is 23.8 Å². The zero-order valence-electron chi connectivity index (χ0n) is 14.5. The van der Waals surface area contributed by atoms with Crippen LogP contribution in [0, 0.1) is 13.8 Å². The van der Waals surface area contributed by atoms with Crippen LogP contribution in [0.3, 0.4) is 0 Å². The number of hydrogen-bond acceptors (Lipinski definition) is 5. The highest BCUT2D eigenvalue weighted by molar-refractivity contribution is 5.98. The van der Waals surface area contributed by atoms with Crippen LogP contribution in [-0.2, 0) is 11.8 Å². The Morgan fingerprint density at radius 3 is 2.33 bits per heavy atom. The highest BCUT2D eigenvalue weighted by Gasteiger charge is 2.16. The van der Waals surface area contributed by atoms with E-state index >= 15 is 0 Å². The molecule has 0 aliphatic rings. The lowest BCUT2D eigenvalue weighted by atomic mass is 10.1. The third-order valence-corrected chi connectivity index (χ3v) is 4.02. The van der Waals surface area contributed by atoms with Gasteiger partial charge in [0, 0.05) is 24.0 Å². The van der Waals surface area contributed by atoms with Crippen molar-refractivity contribution >= 4 is 11.8 Å². The molecule has 1 aromatic carbocycles. The van der Waals surface area contributed by atoms with E-state index in [-0.39, 0.29) is 12.4 Å². The lowest BCUT2D eigenvalue weighted by molar-refractivity contribution is 0.0600. The van der Waals surface area contributed by atoms with Crippen LogP contribution in [0.1, 0.15) is 32.1 Å².